The second-order valence-corrected chi connectivity index (χ2v) is 7.83. The molecule has 1 aliphatic heterocycles. The molecule has 0 aromatic heterocycles. The molecule has 0 unspecified atom stereocenters. The van der Waals surface area contributed by atoms with E-state index in [1.54, 1.807) is 24.3 Å². The van der Waals surface area contributed by atoms with Crippen molar-refractivity contribution in [3.63, 3.8) is 0 Å². The highest BCUT2D eigenvalue weighted by Crippen LogP contribution is 2.21. The van der Waals surface area contributed by atoms with Crippen molar-refractivity contribution in [1.29, 1.82) is 0 Å². The molecule has 1 fully saturated rings. The topological polar surface area (TPSA) is 58.6 Å². The molecule has 22 heavy (non-hydrogen) atoms. The van der Waals surface area contributed by atoms with Gasteiger partial charge in [0.2, 0.25) is 10.0 Å². The van der Waals surface area contributed by atoms with Crippen molar-refractivity contribution in [2.45, 2.75) is 31.7 Å². The highest BCUT2D eigenvalue weighted by Gasteiger charge is 2.28. The molecule has 1 N–H and O–H groups in total. The van der Waals surface area contributed by atoms with E-state index in [0.717, 1.165) is 0 Å². The minimum atomic E-state index is -3.41. The molecule has 0 saturated carbocycles. The average Bonchev–Trinajstić information content (AvgIpc) is 2.45. The molecule has 1 aromatic rings. The van der Waals surface area contributed by atoms with Crippen LogP contribution in [0, 0.1) is 5.92 Å². The molecule has 0 spiro atoms. The molecule has 1 aromatic carbocycles. The zero-order valence-corrected chi connectivity index (χ0v) is 14.9. The summed E-state index contributed by atoms with van der Waals surface area (Å²) in [7, 11) is -3.41. The van der Waals surface area contributed by atoms with Crippen LogP contribution in [0.3, 0.4) is 0 Å². The van der Waals surface area contributed by atoms with E-state index >= 15 is 0 Å². The number of nitrogens with one attached hydrogen (secondary N) is 1. The van der Waals surface area contributed by atoms with Gasteiger partial charge in [-0.1, -0.05) is 13.8 Å². The van der Waals surface area contributed by atoms with Crippen LogP contribution in [0.4, 0.5) is 0 Å². The number of rotatable bonds is 5. The number of benzene rings is 1. The third-order valence-electron chi connectivity index (χ3n) is 3.38. The molecule has 2 rings (SSSR count). The van der Waals surface area contributed by atoms with Crippen LogP contribution in [0.5, 0.6) is 5.75 Å². The average molecular weight is 349 g/mol. The fourth-order valence-electron chi connectivity index (χ4n) is 2.24. The van der Waals surface area contributed by atoms with Gasteiger partial charge in [-0.15, -0.1) is 12.4 Å². The summed E-state index contributed by atoms with van der Waals surface area (Å²) in [5.41, 5.74) is 0. The van der Waals surface area contributed by atoms with Crippen molar-refractivity contribution in [3.05, 3.63) is 24.3 Å². The Hall–Kier alpha value is -0.820. The summed E-state index contributed by atoms with van der Waals surface area (Å²) >= 11 is 0. The molecule has 1 atom stereocenters. The Labute approximate surface area is 139 Å². The van der Waals surface area contributed by atoms with Gasteiger partial charge in [-0.25, -0.2) is 8.42 Å². The first-order valence-corrected chi connectivity index (χ1v) is 8.80. The maximum absolute atomic E-state index is 12.6. The van der Waals surface area contributed by atoms with Crippen LogP contribution in [-0.4, -0.2) is 45.0 Å². The number of nitrogens with zero attached hydrogens (tertiary/aromatic N) is 1. The Balaban J connectivity index is 0.00000242. The van der Waals surface area contributed by atoms with Gasteiger partial charge in [0.25, 0.3) is 0 Å². The molecular formula is C15H25ClN2O3S. The lowest BCUT2D eigenvalue weighted by Crippen LogP contribution is -2.51. The minimum absolute atomic E-state index is 0. The Bertz CT molecular complexity index is 561. The van der Waals surface area contributed by atoms with E-state index in [1.807, 2.05) is 6.92 Å². The van der Waals surface area contributed by atoms with Crippen LogP contribution < -0.4 is 10.1 Å². The number of hydrogen-bond acceptors (Lipinski definition) is 4. The van der Waals surface area contributed by atoms with Gasteiger partial charge in [-0.3, -0.25) is 0 Å². The van der Waals surface area contributed by atoms with Crippen molar-refractivity contribution in [2.24, 2.45) is 5.92 Å². The highest BCUT2D eigenvalue weighted by atomic mass is 35.5. The van der Waals surface area contributed by atoms with Crippen molar-refractivity contribution in [1.82, 2.24) is 9.62 Å². The molecule has 1 aliphatic rings. The molecule has 1 saturated heterocycles. The predicted octanol–water partition coefficient (Wildman–Crippen LogP) is 2.13. The SMILES string of the molecule is CC(C)COc1ccc(S(=O)(=O)N2CCN[C@H](C)C2)cc1.Cl. The van der Waals surface area contributed by atoms with E-state index < -0.39 is 10.0 Å². The second-order valence-electron chi connectivity index (χ2n) is 5.89. The van der Waals surface area contributed by atoms with Gasteiger partial charge in [-0.05, 0) is 37.1 Å². The van der Waals surface area contributed by atoms with Crippen molar-refractivity contribution >= 4 is 22.4 Å². The first-order chi connectivity index (χ1) is 9.89. The summed E-state index contributed by atoms with van der Waals surface area (Å²) in [6, 6.07) is 6.87. The third kappa shape index (κ3) is 4.84. The van der Waals surface area contributed by atoms with E-state index in [4.69, 9.17) is 4.74 Å². The van der Waals surface area contributed by atoms with Crippen molar-refractivity contribution in [2.75, 3.05) is 26.2 Å². The summed E-state index contributed by atoms with van der Waals surface area (Å²) < 4.78 is 32.3. The maximum atomic E-state index is 12.6. The smallest absolute Gasteiger partial charge is 0.243 e. The molecule has 0 bridgehead atoms. The Kier molecular flexibility index (Phi) is 7.12. The molecule has 5 nitrogen and oxygen atoms in total. The lowest BCUT2D eigenvalue weighted by atomic mass is 10.2. The van der Waals surface area contributed by atoms with E-state index in [-0.39, 0.29) is 18.4 Å². The Morgan fingerprint density at radius 2 is 1.95 bits per heavy atom. The first-order valence-electron chi connectivity index (χ1n) is 7.36. The lowest BCUT2D eigenvalue weighted by Gasteiger charge is -2.31. The van der Waals surface area contributed by atoms with Gasteiger partial charge in [0.15, 0.2) is 0 Å². The van der Waals surface area contributed by atoms with Gasteiger partial charge in [0.05, 0.1) is 11.5 Å². The summed E-state index contributed by atoms with van der Waals surface area (Å²) in [5.74, 6) is 1.15. The van der Waals surface area contributed by atoms with E-state index in [1.165, 1.54) is 4.31 Å². The number of piperazine rings is 1. The Morgan fingerprint density at radius 1 is 1.32 bits per heavy atom. The summed E-state index contributed by atoms with van der Waals surface area (Å²) in [5, 5.41) is 3.25. The van der Waals surface area contributed by atoms with Gasteiger partial charge >= 0.3 is 0 Å². The van der Waals surface area contributed by atoms with Crippen molar-refractivity contribution in [3.8, 4) is 5.75 Å². The summed E-state index contributed by atoms with van der Waals surface area (Å²) in [6.45, 7) is 8.48. The molecule has 0 aliphatic carbocycles. The highest BCUT2D eigenvalue weighted by molar-refractivity contribution is 7.89. The lowest BCUT2D eigenvalue weighted by molar-refractivity contribution is 0.271. The van der Waals surface area contributed by atoms with Crippen LogP contribution in [0.1, 0.15) is 20.8 Å². The zero-order valence-electron chi connectivity index (χ0n) is 13.3. The molecule has 7 heteroatoms. The predicted molar refractivity (Wildman–Crippen MR) is 90.2 cm³/mol. The number of ether oxygens (including phenoxy) is 1. The monoisotopic (exact) mass is 348 g/mol. The van der Waals surface area contributed by atoms with Crippen LogP contribution in [-0.2, 0) is 10.0 Å². The van der Waals surface area contributed by atoms with E-state index in [2.05, 4.69) is 19.2 Å². The second kappa shape index (κ2) is 8.15. The molecule has 0 radical (unpaired) electrons. The largest absolute Gasteiger partial charge is 0.493 e. The minimum Gasteiger partial charge on any atom is -0.493 e. The fourth-order valence-corrected chi connectivity index (χ4v) is 3.76. The zero-order chi connectivity index (χ0) is 15.5. The molecular weight excluding hydrogens is 324 g/mol. The summed E-state index contributed by atoms with van der Waals surface area (Å²) in [4.78, 5) is 0.327. The Morgan fingerprint density at radius 3 is 2.50 bits per heavy atom. The van der Waals surface area contributed by atoms with Crippen molar-refractivity contribution < 1.29 is 13.2 Å². The fraction of sp³-hybridized carbons (Fsp3) is 0.600. The molecule has 0 amide bonds. The van der Waals surface area contributed by atoms with Gasteiger partial charge < -0.3 is 10.1 Å². The quantitative estimate of drug-likeness (QED) is 0.885. The van der Waals surface area contributed by atoms with Crippen LogP contribution in [0.15, 0.2) is 29.2 Å². The number of sulfonamides is 1. The normalized spacial score (nSPS) is 19.7. The van der Waals surface area contributed by atoms with E-state index in [9.17, 15) is 8.42 Å². The number of halogens is 1. The molecule has 126 valence electrons. The van der Waals surface area contributed by atoms with Crippen LogP contribution in [0.25, 0.3) is 0 Å². The maximum Gasteiger partial charge on any atom is 0.243 e. The van der Waals surface area contributed by atoms with Crippen LogP contribution in [0.2, 0.25) is 0 Å². The number of hydrogen-bond donors (Lipinski definition) is 1. The van der Waals surface area contributed by atoms with Crippen LogP contribution >= 0.6 is 12.4 Å². The summed E-state index contributed by atoms with van der Waals surface area (Å²) in [6.07, 6.45) is 0. The third-order valence-corrected chi connectivity index (χ3v) is 5.26. The first kappa shape index (κ1) is 19.2. The van der Waals surface area contributed by atoms with Gasteiger partial charge in [0.1, 0.15) is 5.75 Å². The van der Waals surface area contributed by atoms with Gasteiger partial charge in [0, 0.05) is 25.7 Å². The molecule has 1 heterocycles. The van der Waals surface area contributed by atoms with Gasteiger partial charge in [-0.2, -0.15) is 4.31 Å². The standard InChI is InChI=1S/C15H24N2O3S.ClH/c1-12(2)11-20-14-4-6-15(7-5-14)21(18,19)17-9-8-16-13(3)10-17;/h4-7,12-13,16H,8-11H2,1-3H3;1H/t13-;/m1./s1. The van der Waals surface area contributed by atoms with E-state index in [0.29, 0.717) is 42.8 Å².